The van der Waals surface area contributed by atoms with Gasteiger partial charge in [-0.3, -0.25) is 4.79 Å². The van der Waals surface area contributed by atoms with Gasteiger partial charge in [-0.15, -0.1) is 0 Å². The molecule has 0 saturated heterocycles. The average molecular weight is 288 g/mol. The number of aliphatic carboxylic acids is 1. The second kappa shape index (κ2) is 9.17. The van der Waals surface area contributed by atoms with Crippen LogP contribution in [0.2, 0.25) is 0 Å². The number of carboxylic acid groups (broad SMARTS) is 1. The van der Waals surface area contributed by atoms with E-state index < -0.39 is 24.0 Å². The first-order valence-corrected chi connectivity index (χ1v) is 6.61. The molecule has 0 aliphatic heterocycles. The van der Waals surface area contributed by atoms with E-state index in [1.54, 1.807) is 0 Å². The first-order valence-electron chi connectivity index (χ1n) is 6.61. The molecule has 116 valence electrons. The number of hydrogen-bond acceptors (Lipinski definition) is 4. The number of carboxylic acids is 1. The fourth-order valence-electron chi connectivity index (χ4n) is 1.32. The Balaban J connectivity index is 4.21. The number of rotatable bonds is 8. The molecular formula is C13H24N2O5. The van der Waals surface area contributed by atoms with E-state index in [-0.39, 0.29) is 12.8 Å². The van der Waals surface area contributed by atoms with E-state index in [1.165, 1.54) is 7.11 Å². The van der Waals surface area contributed by atoms with E-state index in [0.29, 0.717) is 18.4 Å². The minimum absolute atomic E-state index is 0.00480. The van der Waals surface area contributed by atoms with Crippen molar-refractivity contribution in [1.29, 1.82) is 0 Å². The Labute approximate surface area is 119 Å². The number of nitrogens with one attached hydrogen (secondary N) is 2. The molecule has 20 heavy (non-hydrogen) atoms. The van der Waals surface area contributed by atoms with E-state index in [4.69, 9.17) is 5.11 Å². The second-order valence-corrected chi connectivity index (χ2v) is 5.08. The van der Waals surface area contributed by atoms with Gasteiger partial charge in [0.15, 0.2) is 0 Å². The lowest BCUT2D eigenvalue weighted by atomic mass is 9.98. The molecule has 3 N–H and O–H groups in total. The third-order valence-corrected chi connectivity index (χ3v) is 3.19. The molecule has 0 aromatic heterocycles. The minimum atomic E-state index is -1.18. The summed E-state index contributed by atoms with van der Waals surface area (Å²) in [4.78, 5) is 33.6. The maximum Gasteiger partial charge on any atom is 0.326 e. The topological polar surface area (TPSA) is 105 Å². The lowest BCUT2D eigenvalue weighted by molar-refractivity contribution is -0.142. The summed E-state index contributed by atoms with van der Waals surface area (Å²) in [6, 6.07) is -1.65. The van der Waals surface area contributed by atoms with Gasteiger partial charge in [-0.1, -0.05) is 20.8 Å². The smallest absolute Gasteiger partial charge is 0.326 e. The number of ether oxygens (including phenoxy) is 1. The zero-order valence-corrected chi connectivity index (χ0v) is 12.4. The molecule has 0 rings (SSSR count). The standard InChI is InChI=1S/C13H24N2O5/c1-8(2)9(3)7-14-13(19)15-10(12(17)18)5-6-11(16)20-4/h8-10H,5-7H2,1-4H3,(H,17,18)(H2,14,15,19)/t9?,10-/m0/s1. The number of hydrogen-bond donors (Lipinski definition) is 3. The lowest BCUT2D eigenvalue weighted by Crippen LogP contribution is -2.47. The van der Waals surface area contributed by atoms with Crippen molar-refractivity contribution >= 4 is 18.0 Å². The molecule has 0 aromatic carbocycles. The number of carbonyl (C=O) groups excluding carboxylic acids is 2. The molecule has 2 atom stereocenters. The Bertz CT molecular complexity index is 344. The summed E-state index contributed by atoms with van der Waals surface area (Å²) in [7, 11) is 1.23. The number of carbonyl (C=O) groups is 3. The third-order valence-electron chi connectivity index (χ3n) is 3.19. The van der Waals surface area contributed by atoms with Gasteiger partial charge in [0.2, 0.25) is 0 Å². The fraction of sp³-hybridized carbons (Fsp3) is 0.769. The van der Waals surface area contributed by atoms with Crippen molar-refractivity contribution in [3.63, 3.8) is 0 Å². The van der Waals surface area contributed by atoms with Crippen LogP contribution in [0.3, 0.4) is 0 Å². The van der Waals surface area contributed by atoms with E-state index in [0.717, 1.165) is 0 Å². The molecule has 0 aliphatic rings. The molecule has 0 fully saturated rings. The van der Waals surface area contributed by atoms with Crippen LogP contribution in [0, 0.1) is 11.8 Å². The van der Waals surface area contributed by atoms with Gasteiger partial charge in [0.25, 0.3) is 0 Å². The number of methoxy groups -OCH3 is 1. The van der Waals surface area contributed by atoms with Crippen LogP contribution in [0.15, 0.2) is 0 Å². The monoisotopic (exact) mass is 288 g/mol. The van der Waals surface area contributed by atoms with Gasteiger partial charge in [0.1, 0.15) is 6.04 Å². The predicted octanol–water partition coefficient (Wildman–Crippen LogP) is 0.984. The van der Waals surface area contributed by atoms with Gasteiger partial charge in [-0.05, 0) is 18.3 Å². The molecule has 0 aliphatic carbocycles. The van der Waals surface area contributed by atoms with Crippen LogP contribution in [0.4, 0.5) is 4.79 Å². The molecule has 2 amide bonds. The summed E-state index contributed by atoms with van der Waals surface area (Å²) in [6.45, 7) is 6.55. The molecule has 1 unspecified atom stereocenters. The minimum Gasteiger partial charge on any atom is -0.480 e. The number of esters is 1. The summed E-state index contributed by atoms with van der Waals surface area (Å²) in [5.74, 6) is -0.975. The molecule has 7 heteroatoms. The van der Waals surface area contributed by atoms with Crippen LogP contribution in [0.1, 0.15) is 33.6 Å². The SMILES string of the molecule is COC(=O)CC[C@H](NC(=O)NCC(C)C(C)C)C(=O)O. The molecule has 7 nitrogen and oxygen atoms in total. The first-order chi connectivity index (χ1) is 9.27. The lowest BCUT2D eigenvalue weighted by Gasteiger charge is -2.18. The maximum atomic E-state index is 11.6. The molecule has 0 radical (unpaired) electrons. The van der Waals surface area contributed by atoms with E-state index in [1.807, 2.05) is 20.8 Å². The zero-order chi connectivity index (χ0) is 15.7. The summed E-state index contributed by atoms with van der Waals surface area (Å²) in [6.07, 6.45) is -0.0642. The van der Waals surface area contributed by atoms with Crippen molar-refractivity contribution in [3.8, 4) is 0 Å². The normalized spacial score (nSPS) is 13.4. The highest BCUT2D eigenvalue weighted by Crippen LogP contribution is 2.07. The van der Waals surface area contributed by atoms with Gasteiger partial charge in [-0.25, -0.2) is 9.59 Å². The zero-order valence-electron chi connectivity index (χ0n) is 12.4. The molecule has 0 bridgehead atoms. The average Bonchev–Trinajstić information content (AvgIpc) is 2.39. The van der Waals surface area contributed by atoms with Gasteiger partial charge in [0, 0.05) is 13.0 Å². The first kappa shape index (κ1) is 18.2. The second-order valence-electron chi connectivity index (χ2n) is 5.08. The summed E-state index contributed by atoms with van der Waals surface area (Å²) >= 11 is 0. The van der Waals surface area contributed by atoms with Crippen LogP contribution < -0.4 is 10.6 Å². The van der Waals surface area contributed by atoms with Gasteiger partial charge < -0.3 is 20.5 Å². The maximum absolute atomic E-state index is 11.6. The summed E-state index contributed by atoms with van der Waals surface area (Å²) in [5.41, 5.74) is 0. The molecular weight excluding hydrogens is 264 g/mol. The Morgan fingerprint density at radius 3 is 2.25 bits per heavy atom. The quantitative estimate of drug-likeness (QED) is 0.578. The van der Waals surface area contributed by atoms with Crippen molar-refractivity contribution in [1.82, 2.24) is 10.6 Å². The number of amides is 2. The highest BCUT2D eigenvalue weighted by molar-refractivity contribution is 5.83. The van der Waals surface area contributed by atoms with Crippen LogP contribution in [-0.2, 0) is 14.3 Å². The van der Waals surface area contributed by atoms with Crippen molar-refractivity contribution < 1.29 is 24.2 Å². The molecule has 0 saturated carbocycles. The van der Waals surface area contributed by atoms with Crippen molar-refractivity contribution in [3.05, 3.63) is 0 Å². The van der Waals surface area contributed by atoms with Crippen molar-refractivity contribution in [2.45, 2.75) is 39.7 Å². The van der Waals surface area contributed by atoms with Gasteiger partial charge in [-0.2, -0.15) is 0 Å². The predicted molar refractivity (Wildman–Crippen MR) is 73.2 cm³/mol. The third kappa shape index (κ3) is 7.60. The highest BCUT2D eigenvalue weighted by Gasteiger charge is 2.21. The van der Waals surface area contributed by atoms with Crippen LogP contribution in [-0.4, -0.2) is 42.8 Å². The van der Waals surface area contributed by atoms with Crippen LogP contribution in [0.5, 0.6) is 0 Å². The highest BCUT2D eigenvalue weighted by atomic mass is 16.5. The molecule has 0 spiro atoms. The summed E-state index contributed by atoms with van der Waals surface area (Å²) in [5, 5.41) is 13.9. The van der Waals surface area contributed by atoms with Gasteiger partial charge in [0.05, 0.1) is 7.11 Å². The summed E-state index contributed by atoms with van der Waals surface area (Å²) < 4.78 is 4.43. The molecule has 0 aromatic rings. The Kier molecular flexibility index (Phi) is 8.35. The Hall–Kier alpha value is -1.79. The Morgan fingerprint density at radius 1 is 1.20 bits per heavy atom. The molecule has 0 heterocycles. The van der Waals surface area contributed by atoms with E-state index >= 15 is 0 Å². The van der Waals surface area contributed by atoms with Crippen molar-refractivity contribution in [2.75, 3.05) is 13.7 Å². The van der Waals surface area contributed by atoms with Crippen molar-refractivity contribution in [2.24, 2.45) is 11.8 Å². The van der Waals surface area contributed by atoms with Crippen LogP contribution >= 0.6 is 0 Å². The van der Waals surface area contributed by atoms with Gasteiger partial charge >= 0.3 is 18.0 Å². The van der Waals surface area contributed by atoms with E-state index in [9.17, 15) is 14.4 Å². The largest absolute Gasteiger partial charge is 0.480 e. The fourth-order valence-corrected chi connectivity index (χ4v) is 1.32. The Morgan fingerprint density at radius 2 is 1.80 bits per heavy atom. The van der Waals surface area contributed by atoms with Crippen LogP contribution in [0.25, 0.3) is 0 Å². The van der Waals surface area contributed by atoms with E-state index in [2.05, 4.69) is 15.4 Å². The number of urea groups is 1.